The average Bonchev–Trinajstić information content (AvgIpc) is 3.32. The Labute approximate surface area is 197 Å². The standard InChI is InChI=1S/C26H27FN4O3/c1-17-21(16-28-31(17)20-8-5-4-6-9-20)24(32)22-23(18-10-12-19(27)13-11-18)30(26(34)25(22)33)15-7-14-29(2)3/h4-6,8-13,16,23,32H,7,14-15H2,1-3H3/b24-22+/t23-/m1/s1. The van der Waals surface area contributed by atoms with Gasteiger partial charge >= 0.3 is 0 Å². The summed E-state index contributed by atoms with van der Waals surface area (Å²) in [5.41, 5.74) is 2.33. The van der Waals surface area contributed by atoms with E-state index in [-0.39, 0.29) is 11.3 Å². The second kappa shape index (κ2) is 9.61. The van der Waals surface area contributed by atoms with Crippen LogP contribution in [0.4, 0.5) is 4.39 Å². The molecule has 1 amide bonds. The molecule has 0 spiro atoms. The van der Waals surface area contributed by atoms with Gasteiger partial charge in [0.15, 0.2) is 0 Å². The van der Waals surface area contributed by atoms with E-state index in [2.05, 4.69) is 5.10 Å². The number of aromatic nitrogens is 2. The van der Waals surface area contributed by atoms with Crippen molar-refractivity contribution in [2.75, 3.05) is 27.2 Å². The first-order valence-corrected chi connectivity index (χ1v) is 11.1. The summed E-state index contributed by atoms with van der Waals surface area (Å²) in [5, 5.41) is 15.7. The number of hydrogen-bond donors (Lipinski definition) is 1. The zero-order chi connectivity index (χ0) is 24.4. The molecule has 34 heavy (non-hydrogen) atoms. The van der Waals surface area contributed by atoms with Crippen LogP contribution in [-0.4, -0.2) is 63.6 Å². The lowest BCUT2D eigenvalue weighted by molar-refractivity contribution is -0.139. The SMILES string of the molecule is Cc1c(/C(O)=C2\C(=O)C(=O)N(CCCN(C)C)[C@@H]2c2ccc(F)cc2)cnn1-c1ccccc1. The van der Waals surface area contributed by atoms with Crippen molar-refractivity contribution >= 4 is 17.4 Å². The molecule has 1 fully saturated rings. The first kappa shape index (κ1) is 23.4. The number of likely N-dealkylation sites (tertiary alicyclic amines) is 1. The second-order valence-corrected chi connectivity index (χ2v) is 8.59. The van der Waals surface area contributed by atoms with Crippen molar-refractivity contribution in [1.29, 1.82) is 0 Å². The summed E-state index contributed by atoms with van der Waals surface area (Å²) in [6.07, 6.45) is 2.13. The largest absolute Gasteiger partial charge is 0.507 e. The molecule has 1 N–H and O–H groups in total. The third-order valence-corrected chi connectivity index (χ3v) is 6.00. The van der Waals surface area contributed by atoms with E-state index in [1.807, 2.05) is 49.3 Å². The van der Waals surface area contributed by atoms with Crippen molar-refractivity contribution in [2.24, 2.45) is 0 Å². The maximum Gasteiger partial charge on any atom is 0.295 e. The zero-order valence-corrected chi connectivity index (χ0v) is 19.4. The van der Waals surface area contributed by atoms with Crippen molar-refractivity contribution in [3.63, 3.8) is 0 Å². The number of rotatable bonds is 7. The summed E-state index contributed by atoms with van der Waals surface area (Å²) in [6, 6.07) is 14.2. The van der Waals surface area contributed by atoms with Crippen LogP contribution in [0.3, 0.4) is 0 Å². The molecule has 1 aliphatic heterocycles. The fourth-order valence-electron chi connectivity index (χ4n) is 4.28. The number of ketones is 1. The highest BCUT2D eigenvalue weighted by atomic mass is 19.1. The molecule has 0 aliphatic carbocycles. The van der Waals surface area contributed by atoms with Crippen LogP contribution in [-0.2, 0) is 9.59 Å². The minimum absolute atomic E-state index is 0.0165. The predicted octanol–water partition coefficient (Wildman–Crippen LogP) is 3.69. The topological polar surface area (TPSA) is 78.7 Å². The number of aliphatic hydroxyl groups is 1. The number of halogens is 1. The molecule has 0 bridgehead atoms. The van der Waals surface area contributed by atoms with Crippen LogP contribution in [0.5, 0.6) is 0 Å². The normalized spacial score (nSPS) is 17.7. The van der Waals surface area contributed by atoms with Gasteiger partial charge in [-0.15, -0.1) is 0 Å². The van der Waals surface area contributed by atoms with Gasteiger partial charge in [0.25, 0.3) is 11.7 Å². The van der Waals surface area contributed by atoms with Crippen LogP contribution in [0.15, 0.2) is 66.4 Å². The lowest BCUT2D eigenvalue weighted by Crippen LogP contribution is -2.32. The first-order chi connectivity index (χ1) is 16.3. The first-order valence-electron chi connectivity index (χ1n) is 11.1. The number of carbonyl (C=O) groups is 2. The molecule has 176 valence electrons. The highest BCUT2D eigenvalue weighted by Crippen LogP contribution is 2.40. The molecule has 4 rings (SSSR count). The number of Topliss-reactive ketones (excluding diaryl/α,β-unsaturated/α-hetero) is 1. The fourth-order valence-corrected chi connectivity index (χ4v) is 4.28. The van der Waals surface area contributed by atoms with Crippen molar-refractivity contribution < 1.29 is 19.1 Å². The van der Waals surface area contributed by atoms with Gasteiger partial charge in [0, 0.05) is 6.54 Å². The van der Waals surface area contributed by atoms with Gasteiger partial charge in [0.1, 0.15) is 11.6 Å². The molecule has 8 heteroatoms. The molecule has 0 unspecified atom stereocenters. The quantitative estimate of drug-likeness (QED) is 0.329. The van der Waals surface area contributed by atoms with Gasteiger partial charge in [-0.05, 0) is 63.8 Å². The van der Waals surface area contributed by atoms with E-state index in [0.29, 0.717) is 29.8 Å². The van der Waals surface area contributed by atoms with Crippen LogP contribution in [0.25, 0.3) is 11.4 Å². The minimum Gasteiger partial charge on any atom is -0.507 e. The molecule has 3 aromatic rings. The average molecular weight is 463 g/mol. The van der Waals surface area contributed by atoms with Gasteiger partial charge < -0.3 is 14.9 Å². The summed E-state index contributed by atoms with van der Waals surface area (Å²) in [6.45, 7) is 2.83. The van der Waals surface area contributed by atoms with Crippen LogP contribution in [0, 0.1) is 12.7 Å². The summed E-state index contributed by atoms with van der Waals surface area (Å²) in [5.74, 6) is -2.15. The van der Waals surface area contributed by atoms with E-state index in [9.17, 15) is 19.1 Å². The highest BCUT2D eigenvalue weighted by molar-refractivity contribution is 6.46. The molecule has 1 aliphatic rings. The molecule has 2 heterocycles. The Morgan fingerprint density at radius 1 is 1.09 bits per heavy atom. The molecule has 0 radical (unpaired) electrons. The molecular weight excluding hydrogens is 435 g/mol. The zero-order valence-electron chi connectivity index (χ0n) is 19.4. The molecule has 1 aromatic heterocycles. The number of aliphatic hydroxyl groups excluding tert-OH is 1. The highest BCUT2D eigenvalue weighted by Gasteiger charge is 2.46. The van der Waals surface area contributed by atoms with Crippen molar-refractivity contribution in [1.82, 2.24) is 19.6 Å². The Balaban J connectivity index is 1.80. The molecule has 0 saturated carbocycles. The van der Waals surface area contributed by atoms with Crippen molar-refractivity contribution in [3.8, 4) is 5.69 Å². The Hall–Kier alpha value is -3.78. The Kier molecular flexibility index (Phi) is 6.61. The van der Waals surface area contributed by atoms with Gasteiger partial charge in [-0.2, -0.15) is 5.10 Å². The van der Waals surface area contributed by atoms with Crippen LogP contribution in [0.2, 0.25) is 0 Å². The smallest absolute Gasteiger partial charge is 0.295 e. The summed E-state index contributed by atoms with van der Waals surface area (Å²) < 4.78 is 15.3. The van der Waals surface area contributed by atoms with E-state index in [1.54, 1.807) is 23.7 Å². The number of carbonyl (C=O) groups excluding carboxylic acids is 2. The van der Waals surface area contributed by atoms with Crippen molar-refractivity contribution in [3.05, 3.63) is 89.0 Å². The van der Waals surface area contributed by atoms with Crippen LogP contribution in [0.1, 0.15) is 29.3 Å². The molecule has 2 aromatic carbocycles. The third kappa shape index (κ3) is 4.36. The Morgan fingerprint density at radius 2 is 1.76 bits per heavy atom. The van der Waals surface area contributed by atoms with Gasteiger partial charge in [-0.25, -0.2) is 9.07 Å². The van der Waals surface area contributed by atoms with Crippen LogP contribution >= 0.6 is 0 Å². The fraction of sp³-hybridized carbons (Fsp3) is 0.269. The number of benzene rings is 2. The second-order valence-electron chi connectivity index (χ2n) is 8.59. The molecular formula is C26H27FN4O3. The summed E-state index contributed by atoms with van der Waals surface area (Å²) in [7, 11) is 3.86. The number of nitrogens with zero attached hydrogens (tertiary/aromatic N) is 4. The third-order valence-electron chi connectivity index (χ3n) is 6.00. The Morgan fingerprint density at radius 3 is 2.41 bits per heavy atom. The maximum absolute atomic E-state index is 13.6. The van der Waals surface area contributed by atoms with E-state index in [0.717, 1.165) is 12.2 Å². The van der Waals surface area contributed by atoms with E-state index in [4.69, 9.17) is 0 Å². The molecule has 7 nitrogen and oxygen atoms in total. The number of para-hydroxylation sites is 1. The van der Waals surface area contributed by atoms with Crippen LogP contribution < -0.4 is 0 Å². The minimum atomic E-state index is -0.817. The molecule has 1 atom stereocenters. The lowest BCUT2D eigenvalue weighted by Gasteiger charge is -2.26. The Bertz CT molecular complexity index is 1230. The maximum atomic E-state index is 13.6. The predicted molar refractivity (Wildman–Crippen MR) is 127 cm³/mol. The van der Waals surface area contributed by atoms with Gasteiger partial charge in [-0.3, -0.25) is 9.59 Å². The van der Waals surface area contributed by atoms with Gasteiger partial charge in [0.05, 0.1) is 34.8 Å². The van der Waals surface area contributed by atoms with Gasteiger partial charge in [0.2, 0.25) is 0 Å². The van der Waals surface area contributed by atoms with E-state index in [1.165, 1.54) is 23.2 Å². The lowest BCUT2D eigenvalue weighted by atomic mass is 9.95. The van der Waals surface area contributed by atoms with E-state index < -0.39 is 23.5 Å². The summed E-state index contributed by atoms with van der Waals surface area (Å²) >= 11 is 0. The monoisotopic (exact) mass is 462 g/mol. The number of amides is 1. The van der Waals surface area contributed by atoms with E-state index >= 15 is 0 Å². The molecule has 1 saturated heterocycles. The van der Waals surface area contributed by atoms with Crippen molar-refractivity contribution in [2.45, 2.75) is 19.4 Å². The van der Waals surface area contributed by atoms with Gasteiger partial charge in [-0.1, -0.05) is 30.3 Å². The number of hydrogen-bond acceptors (Lipinski definition) is 5. The summed E-state index contributed by atoms with van der Waals surface area (Å²) in [4.78, 5) is 29.6.